The van der Waals surface area contributed by atoms with Crippen molar-refractivity contribution in [3.63, 3.8) is 0 Å². The molecule has 0 fully saturated rings. The van der Waals surface area contributed by atoms with Gasteiger partial charge in [-0.25, -0.2) is 0 Å². The zero-order chi connectivity index (χ0) is 7.82. The summed E-state index contributed by atoms with van der Waals surface area (Å²) in [4.78, 5) is 0. The topological polar surface area (TPSA) is 29.5 Å². The van der Waals surface area contributed by atoms with Crippen molar-refractivity contribution in [1.82, 2.24) is 0 Å². The number of benzene rings is 1. The third-order valence-corrected chi connectivity index (χ3v) is 0.979. The lowest BCUT2D eigenvalue weighted by molar-refractivity contribution is 0.399. The van der Waals surface area contributed by atoms with Gasteiger partial charge in [-0.15, -0.1) is 0 Å². The average Bonchev–Trinajstić information content (AvgIpc) is 2.10. The van der Waals surface area contributed by atoms with Crippen LogP contribution in [0.25, 0.3) is 0 Å². The lowest BCUT2D eigenvalue weighted by Gasteiger charge is -1.93. The Bertz CT molecular complexity index is 149. The van der Waals surface area contributed by atoms with Crippen LogP contribution in [0.4, 0.5) is 0 Å². The molecular formula is C8H12O2. The molecule has 0 unspecified atom stereocenters. The van der Waals surface area contributed by atoms with E-state index in [1.165, 1.54) is 0 Å². The molecule has 10 heavy (non-hydrogen) atoms. The van der Waals surface area contributed by atoms with E-state index in [2.05, 4.69) is 0 Å². The summed E-state index contributed by atoms with van der Waals surface area (Å²) in [5, 5.41) is 7.00. The molecule has 1 N–H and O–H groups in total. The normalized spacial score (nSPS) is 7.50. The minimum Gasteiger partial charge on any atom is -0.497 e. The van der Waals surface area contributed by atoms with Gasteiger partial charge in [0.25, 0.3) is 0 Å². The van der Waals surface area contributed by atoms with E-state index in [0.29, 0.717) is 0 Å². The van der Waals surface area contributed by atoms with Gasteiger partial charge in [0.1, 0.15) is 5.75 Å². The fourth-order valence-electron chi connectivity index (χ4n) is 0.557. The van der Waals surface area contributed by atoms with Crippen LogP contribution in [-0.2, 0) is 0 Å². The van der Waals surface area contributed by atoms with E-state index in [-0.39, 0.29) is 0 Å². The summed E-state index contributed by atoms with van der Waals surface area (Å²) in [5.74, 6) is 0.910. The van der Waals surface area contributed by atoms with Crippen LogP contribution in [0.15, 0.2) is 30.3 Å². The number of aliphatic hydroxyl groups is 1. The highest BCUT2D eigenvalue weighted by Gasteiger charge is 1.80. The fraction of sp³-hybridized carbons (Fsp3) is 0.250. The van der Waals surface area contributed by atoms with Crippen LogP contribution in [0.1, 0.15) is 0 Å². The summed E-state index contributed by atoms with van der Waals surface area (Å²) in [6.07, 6.45) is 0. The minimum atomic E-state index is 0.910. The summed E-state index contributed by atoms with van der Waals surface area (Å²) < 4.78 is 4.91. The molecule has 0 saturated heterocycles. The zero-order valence-corrected chi connectivity index (χ0v) is 6.24. The molecule has 1 aromatic carbocycles. The standard InChI is InChI=1S/C7H8O.CH4O/c1-8-7-5-3-2-4-6-7;1-2/h2-6H,1H3;2H,1H3. The Morgan fingerprint density at radius 3 is 1.90 bits per heavy atom. The van der Waals surface area contributed by atoms with Gasteiger partial charge >= 0.3 is 0 Å². The van der Waals surface area contributed by atoms with E-state index >= 15 is 0 Å². The molecule has 0 bridgehead atoms. The summed E-state index contributed by atoms with van der Waals surface area (Å²) in [6, 6.07) is 9.68. The monoisotopic (exact) mass is 140 g/mol. The summed E-state index contributed by atoms with van der Waals surface area (Å²) in [7, 11) is 2.66. The Morgan fingerprint density at radius 2 is 1.60 bits per heavy atom. The lowest BCUT2D eigenvalue weighted by atomic mass is 10.3. The molecular weight excluding hydrogens is 128 g/mol. The fourth-order valence-corrected chi connectivity index (χ4v) is 0.557. The second-order valence-electron chi connectivity index (χ2n) is 1.52. The quantitative estimate of drug-likeness (QED) is 0.637. The maximum absolute atomic E-state index is 7.00. The van der Waals surface area contributed by atoms with Crippen LogP contribution in [-0.4, -0.2) is 19.3 Å². The van der Waals surface area contributed by atoms with Gasteiger partial charge in [-0.05, 0) is 12.1 Å². The molecule has 1 aromatic rings. The van der Waals surface area contributed by atoms with Gasteiger partial charge in [-0.1, -0.05) is 18.2 Å². The molecule has 0 amide bonds. The van der Waals surface area contributed by atoms with E-state index in [1.807, 2.05) is 30.3 Å². The van der Waals surface area contributed by atoms with E-state index < -0.39 is 0 Å². The van der Waals surface area contributed by atoms with Crippen LogP contribution in [0.3, 0.4) is 0 Å². The van der Waals surface area contributed by atoms with Gasteiger partial charge < -0.3 is 9.84 Å². The van der Waals surface area contributed by atoms with Crippen molar-refractivity contribution in [1.29, 1.82) is 0 Å². The number of rotatable bonds is 1. The molecule has 0 aliphatic carbocycles. The largest absolute Gasteiger partial charge is 0.497 e. The van der Waals surface area contributed by atoms with Crippen LogP contribution in [0.2, 0.25) is 0 Å². The van der Waals surface area contributed by atoms with E-state index in [0.717, 1.165) is 12.9 Å². The molecule has 2 heteroatoms. The Labute approximate surface area is 61.1 Å². The number of hydrogen-bond donors (Lipinski definition) is 1. The Hall–Kier alpha value is -1.02. The summed E-state index contributed by atoms with van der Waals surface area (Å²) in [6.45, 7) is 0. The SMILES string of the molecule is CO.COc1ccccc1. The van der Waals surface area contributed by atoms with Crippen LogP contribution in [0.5, 0.6) is 5.75 Å². The maximum atomic E-state index is 7.00. The average molecular weight is 140 g/mol. The molecule has 0 spiro atoms. The molecule has 56 valence electrons. The molecule has 0 saturated carbocycles. The molecule has 0 aromatic heterocycles. The predicted octanol–water partition coefficient (Wildman–Crippen LogP) is 1.30. The molecule has 0 aliphatic heterocycles. The number of methoxy groups -OCH3 is 1. The number of hydrogen-bond acceptors (Lipinski definition) is 2. The van der Waals surface area contributed by atoms with E-state index in [4.69, 9.17) is 9.84 Å². The highest BCUT2D eigenvalue weighted by atomic mass is 16.5. The smallest absolute Gasteiger partial charge is 0.118 e. The van der Waals surface area contributed by atoms with Gasteiger partial charge in [-0.2, -0.15) is 0 Å². The van der Waals surface area contributed by atoms with Crippen LogP contribution < -0.4 is 4.74 Å². The third-order valence-electron chi connectivity index (χ3n) is 0.979. The number of ether oxygens (including phenoxy) is 1. The van der Waals surface area contributed by atoms with Gasteiger partial charge in [0.15, 0.2) is 0 Å². The highest BCUT2D eigenvalue weighted by molar-refractivity contribution is 5.20. The van der Waals surface area contributed by atoms with Crippen molar-refractivity contribution in [2.45, 2.75) is 0 Å². The summed E-state index contributed by atoms with van der Waals surface area (Å²) >= 11 is 0. The molecule has 0 atom stereocenters. The van der Waals surface area contributed by atoms with Crippen LogP contribution >= 0.6 is 0 Å². The number of para-hydroxylation sites is 1. The Morgan fingerprint density at radius 1 is 1.10 bits per heavy atom. The lowest BCUT2D eigenvalue weighted by Crippen LogP contribution is -1.78. The van der Waals surface area contributed by atoms with Crippen molar-refractivity contribution in [3.05, 3.63) is 30.3 Å². The predicted molar refractivity (Wildman–Crippen MR) is 41.1 cm³/mol. The second-order valence-corrected chi connectivity index (χ2v) is 1.52. The maximum Gasteiger partial charge on any atom is 0.118 e. The Balaban J connectivity index is 0.000000371. The molecule has 1 rings (SSSR count). The van der Waals surface area contributed by atoms with Crippen molar-refractivity contribution >= 4 is 0 Å². The van der Waals surface area contributed by atoms with Crippen molar-refractivity contribution < 1.29 is 9.84 Å². The Kier molecular flexibility index (Phi) is 5.48. The molecule has 2 nitrogen and oxygen atoms in total. The first kappa shape index (κ1) is 8.98. The minimum absolute atomic E-state index is 0.910. The molecule has 0 heterocycles. The van der Waals surface area contributed by atoms with Gasteiger partial charge in [0.2, 0.25) is 0 Å². The van der Waals surface area contributed by atoms with Crippen molar-refractivity contribution in [2.24, 2.45) is 0 Å². The van der Waals surface area contributed by atoms with E-state index in [9.17, 15) is 0 Å². The van der Waals surface area contributed by atoms with Gasteiger partial charge in [0, 0.05) is 7.11 Å². The van der Waals surface area contributed by atoms with Crippen molar-refractivity contribution in [2.75, 3.05) is 14.2 Å². The molecule has 0 aliphatic rings. The highest BCUT2D eigenvalue weighted by Crippen LogP contribution is 2.05. The third kappa shape index (κ3) is 3.10. The van der Waals surface area contributed by atoms with Gasteiger partial charge in [-0.3, -0.25) is 0 Å². The molecule has 0 radical (unpaired) electrons. The van der Waals surface area contributed by atoms with Gasteiger partial charge in [0.05, 0.1) is 7.11 Å². The zero-order valence-electron chi connectivity index (χ0n) is 6.24. The first-order valence-electron chi connectivity index (χ1n) is 2.97. The van der Waals surface area contributed by atoms with Crippen LogP contribution in [0, 0.1) is 0 Å². The first-order valence-corrected chi connectivity index (χ1v) is 2.97. The second kappa shape index (κ2) is 6.11. The van der Waals surface area contributed by atoms with Crippen molar-refractivity contribution in [3.8, 4) is 5.75 Å². The summed E-state index contributed by atoms with van der Waals surface area (Å²) in [5.41, 5.74) is 0. The first-order chi connectivity index (χ1) is 4.93. The van der Waals surface area contributed by atoms with E-state index in [1.54, 1.807) is 7.11 Å². The number of aliphatic hydroxyl groups excluding tert-OH is 1.